The van der Waals surface area contributed by atoms with Gasteiger partial charge in [0, 0.05) is 11.6 Å². The monoisotopic (exact) mass is 426 g/mol. The van der Waals surface area contributed by atoms with Crippen LogP contribution in [0.2, 0.25) is 0 Å². The number of phenols is 1. The number of aliphatic carboxylic acids is 1. The summed E-state index contributed by atoms with van der Waals surface area (Å²) >= 11 is 0. The molecule has 1 aliphatic carbocycles. The number of rotatable bonds is 4. The number of benzene rings is 3. The van der Waals surface area contributed by atoms with Gasteiger partial charge < -0.3 is 10.2 Å². The molecule has 4 rings (SSSR count). The summed E-state index contributed by atoms with van der Waals surface area (Å²) in [5.41, 5.74) is 7.71. The highest BCUT2D eigenvalue weighted by Gasteiger charge is 2.37. The van der Waals surface area contributed by atoms with Gasteiger partial charge >= 0.3 is 5.97 Å². The van der Waals surface area contributed by atoms with Crippen LogP contribution in [-0.4, -0.2) is 16.2 Å². The summed E-state index contributed by atoms with van der Waals surface area (Å²) in [7, 11) is 0. The zero-order valence-corrected chi connectivity index (χ0v) is 19.1. The largest absolute Gasteiger partial charge is 0.507 e. The van der Waals surface area contributed by atoms with Crippen molar-refractivity contribution >= 4 is 12.0 Å². The highest BCUT2D eigenvalue weighted by atomic mass is 16.4. The third-order valence-corrected chi connectivity index (χ3v) is 6.82. The summed E-state index contributed by atoms with van der Waals surface area (Å²) in [6, 6.07) is 20.0. The minimum Gasteiger partial charge on any atom is -0.507 e. The first-order chi connectivity index (χ1) is 15.1. The number of carboxylic acid groups (broad SMARTS) is 1. The first-order valence-corrected chi connectivity index (χ1v) is 11.1. The predicted octanol–water partition coefficient (Wildman–Crippen LogP) is 7.17. The van der Waals surface area contributed by atoms with Gasteiger partial charge in [0.15, 0.2) is 0 Å². The van der Waals surface area contributed by atoms with E-state index in [9.17, 15) is 9.90 Å². The van der Waals surface area contributed by atoms with Crippen LogP contribution in [0.4, 0.5) is 0 Å². The first-order valence-electron chi connectivity index (χ1n) is 11.1. The summed E-state index contributed by atoms with van der Waals surface area (Å²) < 4.78 is 0. The van der Waals surface area contributed by atoms with E-state index in [0.717, 1.165) is 40.3 Å². The van der Waals surface area contributed by atoms with Gasteiger partial charge in [0.1, 0.15) is 5.75 Å². The van der Waals surface area contributed by atoms with Gasteiger partial charge in [0.25, 0.3) is 0 Å². The van der Waals surface area contributed by atoms with Crippen LogP contribution in [0, 0.1) is 0 Å². The van der Waals surface area contributed by atoms with Crippen molar-refractivity contribution in [3.05, 3.63) is 83.4 Å². The quantitative estimate of drug-likeness (QED) is 0.435. The number of hydrogen-bond acceptors (Lipinski definition) is 2. The fourth-order valence-electron chi connectivity index (χ4n) is 4.66. The third-order valence-electron chi connectivity index (χ3n) is 6.82. The van der Waals surface area contributed by atoms with Crippen LogP contribution in [0.15, 0.2) is 66.7 Å². The Balaban J connectivity index is 1.74. The van der Waals surface area contributed by atoms with Crippen LogP contribution in [0.5, 0.6) is 5.75 Å². The number of aromatic hydroxyl groups is 1. The van der Waals surface area contributed by atoms with Gasteiger partial charge in [0.05, 0.1) is 0 Å². The van der Waals surface area contributed by atoms with Gasteiger partial charge in [-0.2, -0.15) is 0 Å². The highest BCUT2D eigenvalue weighted by molar-refractivity contribution is 5.85. The van der Waals surface area contributed by atoms with Crippen LogP contribution < -0.4 is 0 Å². The Kier molecular flexibility index (Phi) is 5.46. The molecular formula is C29H30O3. The minimum atomic E-state index is -0.964. The molecule has 3 heteroatoms. The Morgan fingerprint density at radius 1 is 0.781 bits per heavy atom. The minimum absolute atomic E-state index is 0.105. The fourth-order valence-corrected chi connectivity index (χ4v) is 4.66. The van der Waals surface area contributed by atoms with E-state index in [1.54, 1.807) is 12.1 Å². The van der Waals surface area contributed by atoms with Crippen molar-refractivity contribution in [1.29, 1.82) is 0 Å². The second-order valence-electron chi connectivity index (χ2n) is 10.1. The van der Waals surface area contributed by atoms with Crippen molar-refractivity contribution in [1.82, 2.24) is 0 Å². The zero-order valence-electron chi connectivity index (χ0n) is 19.1. The molecule has 0 aromatic heterocycles. The lowest BCUT2D eigenvalue weighted by atomic mass is 9.63. The van der Waals surface area contributed by atoms with Gasteiger partial charge in [-0.3, -0.25) is 0 Å². The molecule has 0 saturated heterocycles. The molecule has 0 aliphatic heterocycles. The fraction of sp³-hybridized carbons (Fsp3) is 0.276. The lowest BCUT2D eigenvalue weighted by Crippen LogP contribution is -2.33. The molecule has 3 nitrogen and oxygen atoms in total. The third kappa shape index (κ3) is 4.20. The van der Waals surface area contributed by atoms with E-state index in [1.807, 2.05) is 36.4 Å². The average molecular weight is 427 g/mol. The van der Waals surface area contributed by atoms with Gasteiger partial charge in [-0.25, -0.2) is 4.79 Å². The standard InChI is InChI=1S/C29H30O3/c1-28(2)15-16-29(3,4)25-18-22(10-12-24(25)28)23-17-21(11-13-26(23)30)20-8-5-19(6-9-20)7-14-27(31)32/h5-14,17-18,30H,15-16H2,1-4H3,(H,31,32)/b14-7+. The van der Waals surface area contributed by atoms with E-state index >= 15 is 0 Å². The Labute approximate surface area is 190 Å². The van der Waals surface area contributed by atoms with Crippen molar-refractivity contribution in [2.75, 3.05) is 0 Å². The van der Waals surface area contributed by atoms with E-state index in [-0.39, 0.29) is 16.6 Å². The van der Waals surface area contributed by atoms with Gasteiger partial charge in [0.2, 0.25) is 0 Å². The lowest BCUT2D eigenvalue weighted by Gasteiger charge is -2.42. The molecule has 3 aromatic rings. The summed E-state index contributed by atoms with van der Waals surface area (Å²) in [5, 5.41) is 19.5. The molecule has 0 unspecified atom stereocenters. The smallest absolute Gasteiger partial charge is 0.328 e. The summed E-state index contributed by atoms with van der Waals surface area (Å²) in [4.78, 5) is 10.7. The van der Waals surface area contributed by atoms with Crippen LogP contribution in [0.25, 0.3) is 28.3 Å². The Hall–Kier alpha value is -3.33. The molecule has 0 atom stereocenters. The van der Waals surface area contributed by atoms with Crippen molar-refractivity contribution < 1.29 is 15.0 Å². The van der Waals surface area contributed by atoms with Crippen LogP contribution >= 0.6 is 0 Å². The molecule has 0 fully saturated rings. The SMILES string of the molecule is CC1(C)CCC(C)(C)c2cc(-c3cc(-c4ccc(/C=C/C(=O)O)cc4)ccc3O)ccc21. The van der Waals surface area contributed by atoms with E-state index < -0.39 is 5.97 Å². The van der Waals surface area contributed by atoms with E-state index in [4.69, 9.17) is 5.11 Å². The summed E-state index contributed by atoms with van der Waals surface area (Å²) in [6.45, 7) is 9.24. The number of hydrogen-bond donors (Lipinski definition) is 2. The average Bonchev–Trinajstić information content (AvgIpc) is 2.76. The normalized spacial score (nSPS) is 16.6. The van der Waals surface area contributed by atoms with Crippen molar-refractivity contribution in [3.63, 3.8) is 0 Å². The Morgan fingerprint density at radius 2 is 1.38 bits per heavy atom. The molecule has 3 aromatic carbocycles. The van der Waals surface area contributed by atoms with Crippen LogP contribution in [0.3, 0.4) is 0 Å². The lowest BCUT2D eigenvalue weighted by molar-refractivity contribution is -0.131. The maximum absolute atomic E-state index is 10.7. The van der Waals surface area contributed by atoms with Gasteiger partial charge in [-0.15, -0.1) is 0 Å². The maximum Gasteiger partial charge on any atom is 0.328 e. The molecule has 0 spiro atoms. The predicted molar refractivity (Wildman–Crippen MR) is 131 cm³/mol. The Morgan fingerprint density at radius 3 is 2.03 bits per heavy atom. The van der Waals surface area contributed by atoms with E-state index in [0.29, 0.717) is 0 Å². The number of phenolic OH excluding ortho intramolecular Hbond substituents is 1. The maximum atomic E-state index is 10.7. The summed E-state index contributed by atoms with van der Waals surface area (Å²) in [5.74, 6) is -0.698. The number of carbonyl (C=O) groups is 1. The van der Waals surface area contributed by atoms with E-state index in [1.165, 1.54) is 17.5 Å². The van der Waals surface area contributed by atoms with Gasteiger partial charge in [-0.05, 0) is 75.3 Å². The van der Waals surface area contributed by atoms with Crippen molar-refractivity contribution in [2.24, 2.45) is 0 Å². The van der Waals surface area contributed by atoms with Crippen LogP contribution in [-0.2, 0) is 15.6 Å². The molecule has 0 heterocycles. The summed E-state index contributed by atoms with van der Waals surface area (Å²) in [6.07, 6.45) is 5.02. The topological polar surface area (TPSA) is 57.5 Å². The van der Waals surface area contributed by atoms with Crippen molar-refractivity contribution in [2.45, 2.75) is 51.4 Å². The molecule has 0 radical (unpaired) electrons. The number of fused-ring (bicyclic) bond motifs is 1. The van der Waals surface area contributed by atoms with Gasteiger partial charge in [-0.1, -0.05) is 76.2 Å². The molecule has 2 N–H and O–H groups in total. The highest BCUT2D eigenvalue weighted by Crippen LogP contribution is 2.47. The number of carboxylic acids is 1. The van der Waals surface area contributed by atoms with E-state index in [2.05, 4.69) is 45.9 Å². The zero-order chi connectivity index (χ0) is 23.1. The molecule has 0 saturated carbocycles. The molecule has 0 bridgehead atoms. The van der Waals surface area contributed by atoms with Crippen molar-refractivity contribution in [3.8, 4) is 28.0 Å². The Bertz CT molecular complexity index is 1200. The second kappa shape index (κ2) is 7.98. The molecular weight excluding hydrogens is 396 g/mol. The molecule has 1 aliphatic rings. The second-order valence-corrected chi connectivity index (χ2v) is 10.1. The molecule has 164 valence electrons. The first kappa shape index (κ1) is 21.9. The molecule has 0 amide bonds. The molecule has 32 heavy (non-hydrogen) atoms. The van der Waals surface area contributed by atoms with Crippen LogP contribution in [0.1, 0.15) is 57.2 Å².